The normalized spacial score (nSPS) is 13.1. The first kappa shape index (κ1) is 29.5. The highest BCUT2D eigenvalue weighted by molar-refractivity contribution is 6.20. The molecule has 0 bridgehead atoms. The van der Waals surface area contributed by atoms with Crippen LogP contribution in [-0.2, 0) is 5.41 Å². The molecular formula is C48H35N3. The van der Waals surface area contributed by atoms with Crippen LogP contribution in [0.3, 0.4) is 0 Å². The number of anilines is 3. The van der Waals surface area contributed by atoms with Crippen LogP contribution in [0.1, 0.15) is 25.0 Å². The van der Waals surface area contributed by atoms with Crippen molar-refractivity contribution in [1.82, 2.24) is 9.55 Å². The largest absolute Gasteiger partial charge is 0.310 e. The fraction of sp³-hybridized carbons (Fsp3) is 0.0625. The van der Waals surface area contributed by atoms with Crippen molar-refractivity contribution in [2.75, 3.05) is 4.90 Å². The van der Waals surface area contributed by atoms with Crippen molar-refractivity contribution >= 4 is 49.8 Å². The summed E-state index contributed by atoms with van der Waals surface area (Å²) >= 11 is 0. The third-order valence-electron chi connectivity index (χ3n) is 10.8. The molecule has 0 saturated heterocycles. The van der Waals surface area contributed by atoms with E-state index in [1.54, 1.807) is 0 Å². The Kier molecular flexibility index (Phi) is 6.53. The van der Waals surface area contributed by atoms with E-state index in [0.29, 0.717) is 0 Å². The van der Waals surface area contributed by atoms with E-state index in [1.165, 1.54) is 38.4 Å². The molecule has 0 aliphatic heterocycles. The summed E-state index contributed by atoms with van der Waals surface area (Å²) in [5.41, 5.74) is 15.2. The Bertz CT molecular complexity index is 2760. The van der Waals surface area contributed by atoms with Crippen LogP contribution < -0.4 is 4.90 Å². The highest BCUT2D eigenvalue weighted by atomic mass is 15.1. The molecule has 1 aliphatic rings. The number of hydrogen-bond acceptors (Lipinski definition) is 2. The van der Waals surface area contributed by atoms with Crippen molar-refractivity contribution < 1.29 is 0 Å². The summed E-state index contributed by atoms with van der Waals surface area (Å²) in [6, 6.07) is 63.4. The van der Waals surface area contributed by atoms with Crippen LogP contribution in [0.5, 0.6) is 0 Å². The van der Waals surface area contributed by atoms with Gasteiger partial charge in [0.1, 0.15) is 0 Å². The summed E-state index contributed by atoms with van der Waals surface area (Å²) < 4.78 is 2.34. The van der Waals surface area contributed by atoms with Gasteiger partial charge in [0.05, 0.1) is 22.2 Å². The van der Waals surface area contributed by atoms with E-state index in [2.05, 4.69) is 199 Å². The number of para-hydroxylation sites is 2. The van der Waals surface area contributed by atoms with Crippen LogP contribution in [0.25, 0.3) is 60.8 Å². The lowest BCUT2D eigenvalue weighted by Crippen LogP contribution is -2.16. The molecule has 7 aromatic carbocycles. The molecular weight excluding hydrogens is 619 g/mol. The highest BCUT2D eigenvalue weighted by Gasteiger charge is 2.35. The average molecular weight is 654 g/mol. The monoisotopic (exact) mass is 653 g/mol. The van der Waals surface area contributed by atoms with Crippen LogP contribution >= 0.6 is 0 Å². The molecule has 51 heavy (non-hydrogen) atoms. The van der Waals surface area contributed by atoms with E-state index >= 15 is 0 Å². The second kappa shape index (κ2) is 11.3. The molecule has 0 fully saturated rings. The molecule has 0 unspecified atom stereocenters. The second-order valence-electron chi connectivity index (χ2n) is 14.0. The zero-order valence-electron chi connectivity index (χ0n) is 28.6. The van der Waals surface area contributed by atoms with Gasteiger partial charge >= 0.3 is 0 Å². The van der Waals surface area contributed by atoms with Gasteiger partial charge in [-0.2, -0.15) is 0 Å². The molecule has 2 heterocycles. The topological polar surface area (TPSA) is 21.1 Å². The maximum atomic E-state index is 5.40. The average Bonchev–Trinajstić information content (AvgIpc) is 3.64. The van der Waals surface area contributed by atoms with Crippen LogP contribution in [0.2, 0.25) is 0 Å². The Morgan fingerprint density at radius 2 is 1.16 bits per heavy atom. The Balaban J connectivity index is 1.10. The predicted octanol–water partition coefficient (Wildman–Crippen LogP) is 12.8. The molecule has 1 aliphatic carbocycles. The number of pyridine rings is 1. The van der Waals surface area contributed by atoms with Gasteiger partial charge in [-0.1, -0.05) is 123 Å². The maximum absolute atomic E-state index is 5.40. The number of aromatic nitrogens is 2. The minimum absolute atomic E-state index is 0.0760. The molecule has 9 aromatic rings. The van der Waals surface area contributed by atoms with Gasteiger partial charge in [-0.15, -0.1) is 0 Å². The zero-order chi connectivity index (χ0) is 34.1. The van der Waals surface area contributed by atoms with E-state index < -0.39 is 0 Å². The first-order valence-electron chi connectivity index (χ1n) is 17.6. The lowest BCUT2D eigenvalue weighted by Gasteiger charge is -2.28. The second-order valence-corrected chi connectivity index (χ2v) is 14.0. The van der Waals surface area contributed by atoms with Gasteiger partial charge in [0.15, 0.2) is 0 Å². The summed E-state index contributed by atoms with van der Waals surface area (Å²) in [7, 11) is 0. The van der Waals surface area contributed by atoms with E-state index in [1.807, 2.05) is 0 Å². The Morgan fingerprint density at radius 3 is 1.98 bits per heavy atom. The van der Waals surface area contributed by atoms with Gasteiger partial charge in [-0.25, -0.2) is 4.98 Å². The smallest absolute Gasteiger partial charge is 0.0977 e. The molecule has 3 heteroatoms. The Morgan fingerprint density at radius 1 is 0.510 bits per heavy atom. The number of nitrogens with zero attached hydrogens (tertiary/aromatic N) is 3. The lowest BCUT2D eigenvalue weighted by molar-refractivity contribution is 0.660. The van der Waals surface area contributed by atoms with Crippen molar-refractivity contribution in [3.63, 3.8) is 0 Å². The number of benzene rings is 7. The van der Waals surface area contributed by atoms with E-state index in [-0.39, 0.29) is 5.41 Å². The zero-order valence-corrected chi connectivity index (χ0v) is 28.6. The highest BCUT2D eigenvalue weighted by Crippen LogP contribution is 2.50. The molecule has 0 N–H and O–H groups in total. The van der Waals surface area contributed by atoms with Crippen LogP contribution in [-0.4, -0.2) is 9.55 Å². The minimum atomic E-state index is -0.0760. The Labute approximate surface area is 297 Å². The van der Waals surface area contributed by atoms with Crippen molar-refractivity contribution in [2.45, 2.75) is 19.3 Å². The summed E-state index contributed by atoms with van der Waals surface area (Å²) in [6.45, 7) is 4.68. The Hall–Kier alpha value is -6.45. The summed E-state index contributed by atoms with van der Waals surface area (Å²) in [6.07, 6.45) is 0. The van der Waals surface area contributed by atoms with Crippen molar-refractivity contribution in [3.05, 3.63) is 187 Å². The summed E-state index contributed by atoms with van der Waals surface area (Å²) in [5, 5.41) is 3.62. The molecule has 2 aromatic heterocycles. The minimum Gasteiger partial charge on any atom is -0.310 e. The van der Waals surface area contributed by atoms with Gasteiger partial charge in [0, 0.05) is 39.1 Å². The van der Waals surface area contributed by atoms with E-state index in [0.717, 1.165) is 50.6 Å². The van der Waals surface area contributed by atoms with Gasteiger partial charge in [0.25, 0.3) is 0 Å². The first-order chi connectivity index (χ1) is 25.1. The third-order valence-corrected chi connectivity index (χ3v) is 10.8. The van der Waals surface area contributed by atoms with E-state index in [9.17, 15) is 0 Å². The van der Waals surface area contributed by atoms with Gasteiger partial charge in [0.2, 0.25) is 0 Å². The molecule has 0 amide bonds. The SMILES string of the molecule is CC1(C)c2ccccc2-c2ccc(N(c3ccccc3)c3ccc(-c4ccc5c(n4)c4c6ccccc6ccc4n5-c4ccccc4)cc3)cc21. The number of rotatable bonds is 5. The standard InChI is InChI=1S/C48H35N3/c1-48(2)41-20-12-11-19-39(41)40-27-26-37(31-42(40)48)50(34-14-5-3-6-15-34)36-24-21-33(22-25-36)43-28-30-45-47(49-43)46-38-18-10-9-13-32(38)23-29-44(46)51(45)35-16-7-4-8-17-35/h3-31H,1-2H3. The van der Waals surface area contributed by atoms with Crippen molar-refractivity contribution in [1.29, 1.82) is 0 Å². The predicted molar refractivity (Wildman–Crippen MR) is 214 cm³/mol. The first-order valence-corrected chi connectivity index (χ1v) is 17.6. The van der Waals surface area contributed by atoms with Crippen molar-refractivity contribution in [3.8, 4) is 28.1 Å². The fourth-order valence-electron chi connectivity index (χ4n) is 8.29. The van der Waals surface area contributed by atoms with Crippen molar-refractivity contribution in [2.24, 2.45) is 0 Å². The molecule has 3 nitrogen and oxygen atoms in total. The number of hydrogen-bond donors (Lipinski definition) is 0. The van der Waals surface area contributed by atoms with E-state index in [4.69, 9.17) is 4.98 Å². The number of fused-ring (bicyclic) bond motifs is 8. The van der Waals surface area contributed by atoms with Crippen LogP contribution in [0.15, 0.2) is 176 Å². The lowest BCUT2D eigenvalue weighted by atomic mass is 9.82. The summed E-state index contributed by atoms with van der Waals surface area (Å²) in [4.78, 5) is 7.76. The molecule has 242 valence electrons. The molecule has 0 saturated carbocycles. The molecule has 0 atom stereocenters. The molecule has 0 radical (unpaired) electrons. The molecule has 10 rings (SSSR count). The molecule has 0 spiro atoms. The third kappa shape index (κ3) is 4.55. The van der Waals surface area contributed by atoms with Gasteiger partial charge in [-0.3, -0.25) is 0 Å². The summed E-state index contributed by atoms with van der Waals surface area (Å²) in [5.74, 6) is 0. The quantitative estimate of drug-likeness (QED) is 0.184. The van der Waals surface area contributed by atoms with Crippen LogP contribution in [0, 0.1) is 0 Å². The van der Waals surface area contributed by atoms with Gasteiger partial charge < -0.3 is 9.47 Å². The van der Waals surface area contributed by atoms with Crippen LogP contribution in [0.4, 0.5) is 17.1 Å². The van der Waals surface area contributed by atoms with Gasteiger partial charge in [-0.05, 0) is 99.8 Å². The fourth-order valence-corrected chi connectivity index (χ4v) is 8.29. The maximum Gasteiger partial charge on any atom is 0.0977 e.